The molecule has 5 heteroatoms. The molecular weight excluding hydrogens is 354 g/mol. The molecule has 0 aromatic heterocycles. The van der Waals surface area contributed by atoms with Gasteiger partial charge in [0, 0.05) is 6.07 Å². The number of carbonyl (C=O) groups excluding carboxylic acids is 3. The Balaban J connectivity index is 1.50. The molecule has 3 atom stereocenters. The molecule has 2 amide bonds. The number of hydrogen-bond acceptors (Lipinski definition) is 4. The van der Waals surface area contributed by atoms with Gasteiger partial charge in [0.2, 0.25) is 11.8 Å². The van der Waals surface area contributed by atoms with Crippen LogP contribution in [0.15, 0.2) is 54.6 Å². The highest BCUT2D eigenvalue weighted by atomic mass is 16.5. The van der Waals surface area contributed by atoms with Gasteiger partial charge in [0.1, 0.15) is 5.75 Å². The molecule has 2 aromatic carbocycles. The Kier molecular flexibility index (Phi) is 4.99. The van der Waals surface area contributed by atoms with E-state index in [0.29, 0.717) is 17.4 Å². The van der Waals surface area contributed by atoms with Crippen LogP contribution in [-0.4, -0.2) is 17.8 Å². The van der Waals surface area contributed by atoms with Crippen molar-refractivity contribution < 1.29 is 19.1 Å². The smallest absolute Gasteiger partial charge is 0.315 e. The average Bonchev–Trinajstić information content (AvgIpc) is 2.92. The number of anilines is 1. The van der Waals surface area contributed by atoms with Crippen LogP contribution in [-0.2, 0) is 20.8 Å². The van der Waals surface area contributed by atoms with E-state index in [1.807, 2.05) is 30.3 Å². The zero-order chi connectivity index (χ0) is 19.7. The van der Waals surface area contributed by atoms with Crippen LogP contribution in [0.25, 0.3) is 0 Å². The third kappa shape index (κ3) is 3.57. The minimum atomic E-state index is -0.384. The average molecular weight is 377 g/mol. The second-order valence-electron chi connectivity index (χ2n) is 7.78. The topological polar surface area (TPSA) is 63.7 Å². The van der Waals surface area contributed by atoms with Crippen LogP contribution in [0.5, 0.6) is 5.75 Å². The van der Waals surface area contributed by atoms with Crippen LogP contribution in [0.3, 0.4) is 0 Å². The summed E-state index contributed by atoms with van der Waals surface area (Å²) in [6.07, 6.45) is 2.66. The van der Waals surface area contributed by atoms with Gasteiger partial charge in [-0.25, -0.2) is 4.90 Å². The van der Waals surface area contributed by atoms with Gasteiger partial charge in [-0.1, -0.05) is 43.3 Å². The van der Waals surface area contributed by atoms with Crippen LogP contribution >= 0.6 is 0 Å². The van der Waals surface area contributed by atoms with Gasteiger partial charge < -0.3 is 4.74 Å². The van der Waals surface area contributed by atoms with Gasteiger partial charge in [-0.05, 0) is 42.9 Å². The standard InChI is InChI=1S/C23H23NO4/c1-15-10-11-19-20(12-15)23(27)24(22(19)26)17-8-5-9-18(14-17)28-21(25)13-16-6-3-2-4-7-16/h2-9,14-15,19-20H,10-13H2,1H3/t15-,19-,20+/m1/s1. The number of esters is 1. The molecule has 1 aliphatic heterocycles. The first-order valence-corrected chi connectivity index (χ1v) is 9.75. The molecule has 144 valence electrons. The van der Waals surface area contributed by atoms with E-state index < -0.39 is 0 Å². The monoisotopic (exact) mass is 377 g/mol. The number of imide groups is 1. The Morgan fingerprint density at radius 3 is 2.54 bits per heavy atom. The fourth-order valence-electron chi connectivity index (χ4n) is 4.26. The van der Waals surface area contributed by atoms with Crippen molar-refractivity contribution in [1.29, 1.82) is 0 Å². The zero-order valence-electron chi connectivity index (χ0n) is 15.8. The molecule has 1 saturated heterocycles. The van der Waals surface area contributed by atoms with Gasteiger partial charge in [0.05, 0.1) is 23.9 Å². The third-order valence-corrected chi connectivity index (χ3v) is 5.69. The van der Waals surface area contributed by atoms with Crippen molar-refractivity contribution in [2.75, 3.05) is 4.90 Å². The largest absolute Gasteiger partial charge is 0.426 e. The summed E-state index contributed by atoms with van der Waals surface area (Å²) in [6.45, 7) is 2.13. The molecule has 28 heavy (non-hydrogen) atoms. The fraction of sp³-hybridized carbons (Fsp3) is 0.348. The normalized spacial score (nSPS) is 24.2. The molecule has 2 fully saturated rings. The van der Waals surface area contributed by atoms with Gasteiger partial charge in [-0.3, -0.25) is 14.4 Å². The molecule has 1 aliphatic carbocycles. The van der Waals surface area contributed by atoms with Crippen LogP contribution in [0.2, 0.25) is 0 Å². The maximum absolute atomic E-state index is 12.9. The van der Waals surface area contributed by atoms with Crippen molar-refractivity contribution in [3.05, 3.63) is 60.2 Å². The summed E-state index contributed by atoms with van der Waals surface area (Å²) < 4.78 is 5.44. The molecule has 1 saturated carbocycles. The van der Waals surface area contributed by atoms with E-state index in [9.17, 15) is 14.4 Å². The predicted molar refractivity (Wildman–Crippen MR) is 105 cm³/mol. The number of ether oxygens (including phenoxy) is 1. The lowest BCUT2D eigenvalue weighted by Gasteiger charge is -2.25. The second kappa shape index (κ2) is 7.58. The number of rotatable bonds is 4. The summed E-state index contributed by atoms with van der Waals surface area (Å²) in [5, 5.41) is 0. The highest BCUT2D eigenvalue weighted by molar-refractivity contribution is 6.22. The maximum Gasteiger partial charge on any atom is 0.315 e. The fourth-order valence-corrected chi connectivity index (χ4v) is 4.26. The van der Waals surface area contributed by atoms with Gasteiger partial charge in [0.15, 0.2) is 0 Å². The van der Waals surface area contributed by atoms with Crippen molar-refractivity contribution in [3.63, 3.8) is 0 Å². The molecule has 0 radical (unpaired) electrons. The zero-order valence-corrected chi connectivity index (χ0v) is 15.8. The maximum atomic E-state index is 12.9. The van der Waals surface area contributed by atoms with Gasteiger partial charge in [0.25, 0.3) is 0 Å². The summed E-state index contributed by atoms with van der Waals surface area (Å²) in [5.74, 6) is -0.284. The van der Waals surface area contributed by atoms with Crippen molar-refractivity contribution in [3.8, 4) is 5.75 Å². The molecule has 0 bridgehead atoms. The summed E-state index contributed by atoms with van der Waals surface area (Å²) in [5.41, 5.74) is 1.34. The lowest BCUT2D eigenvalue weighted by atomic mass is 9.76. The van der Waals surface area contributed by atoms with E-state index in [1.54, 1.807) is 24.3 Å². The Hall–Kier alpha value is -2.95. The van der Waals surface area contributed by atoms with Crippen LogP contribution in [0, 0.1) is 17.8 Å². The van der Waals surface area contributed by atoms with E-state index in [2.05, 4.69) is 6.92 Å². The first kappa shape index (κ1) is 18.4. The van der Waals surface area contributed by atoms with E-state index in [4.69, 9.17) is 4.74 Å². The summed E-state index contributed by atoms with van der Waals surface area (Å²) in [6, 6.07) is 16.0. The highest BCUT2D eigenvalue weighted by Gasteiger charge is 2.50. The molecule has 0 unspecified atom stereocenters. The lowest BCUT2D eigenvalue weighted by Crippen LogP contribution is -2.30. The molecular formula is C23H23NO4. The van der Waals surface area contributed by atoms with Crippen molar-refractivity contribution in [1.82, 2.24) is 0 Å². The Morgan fingerprint density at radius 2 is 1.75 bits per heavy atom. The summed E-state index contributed by atoms with van der Waals surface area (Å²) in [4.78, 5) is 39.2. The number of hydrogen-bond donors (Lipinski definition) is 0. The number of amides is 2. The van der Waals surface area contributed by atoms with E-state index in [0.717, 1.165) is 24.8 Å². The first-order valence-electron chi connectivity index (χ1n) is 9.75. The van der Waals surface area contributed by atoms with Gasteiger partial charge in [-0.15, -0.1) is 0 Å². The Bertz CT molecular complexity index is 908. The third-order valence-electron chi connectivity index (χ3n) is 5.69. The quantitative estimate of drug-likeness (QED) is 0.462. The number of carbonyl (C=O) groups is 3. The first-order chi connectivity index (χ1) is 13.5. The summed E-state index contributed by atoms with van der Waals surface area (Å²) >= 11 is 0. The van der Waals surface area contributed by atoms with E-state index in [-0.39, 0.29) is 36.0 Å². The molecule has 1 heterocycles. The van der Waals surface area contributed by atoms with Crippen LogP contribution < -0.4 is 9.64 Å². The van der Waals surface area contributed by atoms with E-state index in [1.165, 1.54) is 4.90 Å². The second-order valence-corrected chi connectivity index (χ2v) is 7.78. The molecule has 0 N–H and O–H groups in total. The molecule has 2 aliphatic rings. The predicted octanol–water partition coefficient (Wildman–Crippen LogP) is 3.76. The minimum Gasteiger partial charge on any atom is -0.426 e. The van der Waals surface area contributed by atoms with Gasteiger partial charge in [-0.2, -0.15) is 0 Å². The van der Waals surface area contributed by atoms with Gasteiger partial charge >= 0.3 is 5.97 Å². The lowest BCUT2D eigenvalue weighted by molar-refractivity contribution is -0.133. The number of fused-ring (bicyclic) bond motifs is 1. The van der Waals surface area contributed by atoms with E-state index >= 15 is 0 Å². The SMILES string of the molecule is C[C@@H]1CC[C@H]2C(=O)N(c3cccc(OC(=O)Cc4ccccc4)c3)C(=O)[C@H]2C1. The Labute approximate surface area is 164 Å². The highest BCUT2D eigenvalue weighted by Crippen LogP contribution is 2.42. The number of nitrogens with zero attached hydrogens (tertiary/aromatic N) is 1. The number of benzene rings is 2. The molecule has 5 nitrogen and oxygen atoms in total. The molecule has 4 rings (SSSR count). The molecule has 2 aromatic rings. The van der Waals surface area contributed by atoms with Crippen LogP contribution in [0.1, 0.15) is 31.7 Å². The summed E-state index contributed by atoms with van der Waals surface area (Å²) in [7, 11) is 0. The minimum absolute atomic E-state index is 0.130. The molecule has 0 spiro atoms. The van der Waals surface area contributed by atoms with Crippen molar-refractivity contribution in [2.24, 2.45) is 17.8 Å². The van der Waals surface area contributed by atoms with Crippen molar-refractivity contribution in [2.45, 2.75) is 32.6 Å². The Morgan fingerprint density at radius 1 is 1.00 bits per heavy atom. The van der Waals surface area contributed by atoms with Crippen LogP contribution in [0.4, 0.5) is 5.69 Å². The van der Waals surface area contributed by atoms with Crippen molar-refractivity contribution >= 4 is 23.5 Å².